The summed E-state index contributed by atoms with van der Waals surface area (Å²) >= 11 is 0. The maximum Gasteiger partial charge on any atom is 0.176 e. The summed E-state index contributed by atoms with van der Waals surface area (Å²) in [6, 6.07) is 4.57. The van der Waals surface area contributed by atoms with E-state index in [9.17, 15) is 13.5 Å². The molecular weight excluding hydrogens is 250 g/mol. The van der Waals surface area contributed by atoms with Gasteiger partial charge in [-0.2, -0.15) is 0 Å². The monoisotopic (exact) mass is 269 g/mol. The van der Waals surface area contributed by atoms with Gasteiger partial charge in [0.15, 0.2) is 9.84 Å². The van der Waals surface area contributed by atoms with E-state index in [-0.39, 0.29) is 10.6 Å². The van der Waals surface area contributed by atoms with Crippen molar-refractivity contribution in [3.8, 4) is 5.75 Å². The minimum absolute atomic E-state index is 0.0117. The van der Waals surface area contributed by atoms with Gasteiger partial charge in [-0.1, -0.05) is 25.3 Å². The molecule has 1 saturated carbocycles. The van der Waals surface area contributed by atoms with E-state index in [1.807, 2.05) is 0 Å². The number of rotatable bonds is 2. The molecule has 1 aromatic rings. The Hall–Kier alpha value is -1.07. The van der Waals surface area contributed by atoms with Gasteiger partial charge in [0.05, 0.1) is 4.90 Å². The highest BCUT2D eigenvalue weighted by molar-refractivity contribution is 7.90. The van der Waals surface area contributed by atoms with Crippen molar-refractivity contribution in [2.75, 3.05) is 6.26 Å². The van der Waals surface area contributed by atoms with E-state index in [1.165, 1.54) is 12.1 Å². The molecule has 0 spiro atoms. The van der Waals surface area contributed by atoms with Crippen molar-refractivity contribution in [3.05, 3.63) is 23.8 Å². The number of aromatic hydroxyl groups is 1. The van der Waals surface area contributed by atoms with Crippen LogP contribution < -0.4 is 5.73 Å². The molecule has 0 aromatic heterocycles. The molecule has 0 heterocycles. The summed E-state index contributed by atoms with van der Waals surface area (Å²) in [7, 11) is -3.38. The van der Waals surface area contributed by atoms with Crippen LogP contribution >= 0.6 is 0 Å². The first-order valence-corrected chi connectivity index (χ1v) is 8.05. The molecule has 2 rings (SSSR count). The third-order valence-electron chi connectivity index (χ3n) is 3.65. The molecule has 0 aliphatic heterocycles. The van der Waals surface area contributed by atoms with Crippen LogP contribution in [0, 0.1) is 0 Å². The summed E-state index contributed by atoms with van der Waals surface area (Å²) in [6.45, 7) is 0. The Labute approximate surface area is 108 Å². The zero-order valence-corrected chi connectivity index (χ0v) is 11.3. The Kier molecular flexibility index (Phi) is 3.38. The Morgan fingerprint density at radius 3 is 2.39 bits per heavy atom. The van der Waals surface area contributed by atoms with Crippen molar-refractivity contribution >= 4 is 9.84 Å². The lowest BCUT2D eigenvalue weighted by Crippen LogP contribution is -2.39. The number of nitrogens with two attached hydrogens (primary N) is 1. The van der Waals surface area contributed by atoms with Crippen molar-refractivity contribution in [2.24, 2.45) is 5.73 Å². The van der Waals surface area contributed by atoms with Gasteiger partial charge in [-0.15, -0.1) is 0 Å². The molecule has 0 unspecified atom stereocenters. The Morgan fingerprint density at radius 1 is 1.22 bits per heavy atom. The van der Waals surface area contributed by atoms with Crippen LogP contribution in [0.4, 0.5) is 0 Å². The minimum Gasteiger partial charge on any atom is -0.508 e. The van der Waals surface area contributed by atoms with E-state index < -0.39 is 15.4 Å². The molecule has 0 amide bonds. The number of sulfone groups is 1. The molecule has 0 bridgehead atoms. The average Bonchev–Trinajstić information content (AvgIpc) is 2.28. The van der Waals surface area contributed by atoms with E-state index in [4.69, 9.17) is 5.73 Å². The maximum atomic E-state index is 11.8. The number of hydrogen-bond donors (Lipinski definition) is 2. The predicted molar refractivity (Wildman–Crippen MR) is 70.2 cm³/mol. The van der Waals surface area contributed by atoms with Crippen molar-refractivity contribution < 1.29 is 13.5 Å². The zero-order chi connectivity index (χ0) is 13.4. The van der Waals surface area contributed by atoms with Crippen LogP contribution in [-0.4, -0.2) is 19.8 Å². The Bertz CT molecular complexity index is 545. The quantitative estimate of drug-likeness (QED) is 0.859. The summed E-state index contributed by atoms with van der Waals surface area (Å²) in [5.74, 6) is -0.0117. The highest BCUT2D eigenvalue weighted by Crippen LogP contribution is 2.41. The normalized spacial score (nSPS) is 19.7. The third-order valence-corrected chi connectivity index (χ3v) is 4.79. The second-order valence-corrected chi connectivity index (χ2v) is 7.12. The topological polar surface area (TPSA) is 80.4 Å². The summed E-state index contributed by atoms with van der Waals surface area (Å²) in [6.07, 6.45) is 5.63. The van der Waals surface area contributed by atoms with E-state index in [0.717, 1.165) is 25.5 Å². The molecule has 0 radical (unpaired) electrons. The molecule has 4 nitrogen and oxygen atoms in total. The summed E-state index contributed by atoms with van der Waals surface area (Å²) < 4.78 is 23.6. The van der Waals surface area contributed by atoms with Crippen LogP contribution in [0.2, 0.25) is 0 Å². The highest BCUT2D eigenvalue weighted by atomic mass is 32.2. The van der Waals surface area contributed by atoms with Crippen molar-refractivity contribution in [3.63, 3.8) is 0 Å². The van der Waals surface area contributed by atoms with Gasteiger partial charge in [-0.05, 0) is 25.0 Å². The third kappa shape index (κ3) is 2.37. The first-order chi connectivity index (χ1) is 8.34. The predicted octanol–water partition coefficient (Wildman–Crippen LogP) is 1.91. The van der Waals surface area contributed by atoms with Crippen LogP contribution in [0.3, 0.4) is 0 Å². The molecule has 0 saturated heterocycles. The SMILES string of the molecule is CS(=O)(=O)c1cccc(O)c1C1(N)CCCCC1. The van der Waals surface area contributed by atoms with E-state index >= 15 is 0 Å². The van der Waals surface area contributed by atoms with Crippen LogP contribution in [0.5, 0.6) is 5.75 Å². The van der Waals surface area contributed by atoms with E-state index in [2.05, 4.69) is 0 Å². The van der Waals surface area contributed by atoms with E-state index in [0.29, 0.717) is 18.4 Å². The summed E-state index contributed by atoms with van der Waals surface area (Å²) in [5, 5.41) is 10.0. The second-order valence-electron chi connectivity index (χ2n) is 5.14. The van der Waals surface area contributed by atoms with Crippen molar-refractivity contribution in [1.29, 1.82) is 0 Å². The van der Waals surface area contributed by atoms with Gasteiger partial charge in [0, 0.05) is 17.4 Å². The lowest BCUT2D eigenvalue weighted by atomic mass is 9.77. The van der Waals surface area contributed by atoms with Gasteiger partial charge in [0.2, 0.25) is 0 Å². The van der Waals surface area contributed by atoms with Crippen LogP contribution in [0.15, 0.2) is 23.1 Å². The fourth-order valence-corrected chi connectivity index (χ4v) is 3.77. The van der Waals surface area contributed by atoms with Crippen LogP contribution in [-0.2, 0) is 15.4 Å². The molecular formula is C13H19NO3S. The van der Waals surface area contributed by atoms with Crippen LogP contribution in [0.1, 0.15) is 37.7 Å². The second kappa shape index (κ2) is 4.55. The molecule has 3 N–H and O–H groups in total. The van der Waals surface area contributed by atoms with Crippen molar-refractivity contribution in [2.45, 2.75) is 42.5 Å². The Morgan fingerprint density at radius 2 is 1.83 bits per heavy atom. The summed E-state index contributed by atoms with van der Waals surface area (Å²) in [5.41, 5.74) is 6.03. The van der Waals surface area contributed by atoms with Crippen LogP contribution in [0.25, 0.3) is 0 Å². The highest BCUT2D eigenvalue weighted by Gasteiger charge is 2.35. The van der Waals surface area contributed by atoms with Gasteiger partial charge in [0.1, 0.15) is 5.75 Å². The largest absolute Gasteiger partial charge is 0.508 e. The first kappa shape index (κ1) is 13.4. The number of phenolic OH excluding ortho intramolecular Hbond substituents is 1. The minimum atomic E-state index is -3.38. The smallest absolute Gasteiger partial charge is 0.176 e. The molecule has 100 valence electrons. The number of benzene rings is 1. The fraction of sp³-hybridized carbons (Fsp3) is 0.538. The lowest BCUT2D eigenvalue weighted by molar-refractivity contribution is 0.287. The van der Waals surface area contributed by atoms with Gasteiger partial charge in [-0.3, -0.25) is 0 Å². The maximum absolute atomic E-state index is 11.8. The van der Waals surface area contributed by atoms with Gasteiger partial charge in [0.25, 0.3) is 0 Å². The molecule has 1 fully saturated rings. The Balaban J connectivity index is 2.62. The van der Waals surface area contributed by atoms with Gasteiger partial charge in [-0.25, -0.2) is 8.42 Å². The molecule has 1 aliphatic rings. The summed E-state index contributed by atoms with van der Waals surface area (Å²) in [4.78, 5) is 0.159. The number of phenols is 1. The van der Waals surface area contributed by atoms with Gasteiger partial charge < -0.3 is 10.8 Å². The molecule has 1 aromatic carbocycles. The van der Waals surface area contributed by atoms with Gasteiger partial charge >= 0.3 is 0 Å². The van der Waals surface area contributed by atoms with Crippen molar-refractivity contribution in [1.82, 2.24) is 0 Å². The number of hydrogen-bond acceptors (Lipinski definition) is 4. The molecule has 18 heavy (non-hydrogen) atoms. The van der Waals surface area contributed by atoms with E-state index in [1.54, 1.807) is 6.07 Å². The first-order valence-electron chi connectivity index (χ1n) is 6.16. The zero-order valence-electron chi connectivity index (χ0n) is 10.5. The standard InChI is InChI=1S/C13H19NO3S/c1-18(16,17)11-7-5-6-10(15)12(11)13(14)8-3-2-4-9-13/h5-7,15H,2-4,8-9,14H2,1H3. The molecule has 0 atom stereocenters. The molecule has 1 aliphatic carbocycles. The fourth-order valence-electron chi connectivity index (χ4n) is 2.76. The molecule has 5 heteroatoms. The lowest BCUT2D eigenvalue weighted by Gasteiger charge is -2.35. The average molecular weight is 269 g/mol.